The quantitative estimate of drug-likeness (QED) is 0.847. The molecule has 1 amide bonds. The highest BCUT2D eigenvalue weighted by atomic mass is 35.5. The second-order valence-corrected chi connectivity index (χ2v) is 6.06. The molecule has 1 aliphatic carbocycles. The number of hydrogen-bond donors (Lipinski definition) is 2. The van der Waals surface area contributed by atoms with Gasteiger partial charge < -0.3 is 15.2 Å². The molecule has 1 aliphatic rings. The molecule has 1 unspecified atom stereocenters. The van der Waals surface area contributed by atoms with Crippen LogP contribution in [0.3, 0.4) is 0 Å². The van der Waals surface area contributed by atoms with Crippen molar-refractivity contribution in [2.45, 2.75) is 37.2 Å². The van der Waals surface area contributed by atoms with Crippen molar-refractivity contribution in [2.75, 3.05) is 20.3 Å². The Labute approximate surface area is 130 Å². The highest BCUT2D eigenvalue weighted by Crippen LogP contribution is 2.42. The van der Waals surface area contributed by atoms with E-state index < -0.39 is 11.5 Å². The van der Waals surface area contributed by atoms with Crippen molar-refractivity contribution in [3.8, 4) is 0 Å². The number of carbonyl (C=O) groups is 1. The van der Waals surface area contributed by atoms with Crippen LogP contribution >= 0.6 is 11.6 Å². The van der Waals surface area contributed by atoms with Gasteiger partial charge in [0.25, 0.3) is 0 Å². The van der Waals surface area contributed by atoms with Crippen LogP contribution in [0.15, 0.2) is 24.3 Å². The van der Waals surface area contributed by atoms with E-state index in [9.17, 15) is 9.90 Å². The van der Waals surface area contributed by atoms with Gasteiger partial charge in [0.05, 0.1) is 18.1 Å². The Morgan fingerprint density at radius 2 is 2.19 bits per heavy atom. The summed E-state index contributed by atoms with van der Waals surface area (Å²) in [5.41, 5.74) is 0.448. The van der Waals surface area contributed by atoms with Crippen LogP contribution in [-0.2, 0) is 14.9 Å². The minimum atomic E-state index is -0.684. The van der Waals surface area contributed by atoms with Gasteiger partial charge in [0.2, 0.25) is 5.91 Å². The van der Waals surface area contributed by atoms with Gasteiger partial charge in [-0.15, -0.1) is 0 Å². The Morgan fingerprint density at radius 1 is 1.48 bits per heavy atom. The van der Waals surface area contributed by atoms with Crippen LogP contribution in [0.5, 0.6) is 0 Å². The lowest BCUT2D eigenvalue weighted by molar-refractivity contribution is -0.127. The topological polar surface area (TPSA) is 58.6 Å². The van der Waals surface area contributed by atoms with Crippen molar-refractivity contribution in [3.63, 3.8) is 0 Å². The lowest BCUT2D eigenvalue weighted by Crippen LogP contribution is -2.45. The molecule has 1 saturated carbocycles. The molecule has 4 nitrogen and oxygen atoms in total. The molecule has 1 fully saturated rings. The third kappa shape index (κ3) is 3.76. The lowest BCUT2D eigenvalue weighted by atomic mass is 9.78. The number of hydrogen-bond acceptors (Lipinski definition) is 3. The zero-order valence-electron chi connectivity index (χ0n) is 12.3. The molecule has 5 heteroatoms. The molecule has 1 atom stereocenters. The number of ether oxygens (including phenoxy) is 1. The summed E-state index contributed by atoms with van der Waals surface area (Å²) in [5, 5.41) is 13.2. The number of aliphatic hydroxyl groups excluding tert-OH is 1. The number of amides is 1. The fourth-order valence-electron chi connectivity index (χ4n) is 3.04. The van der Waals surface area contributed by atoms with Crippen molar-refractivity contribution in [1.29, 1.82) is 0 Å². The lowest BCUT2D eigenvalue weighted by Gasteiger charge is -2.29. The van der Waals surface area contributed by atoms with E-state index in [1.807, 2.05) is 24.3 Å². The van der Waals surface area contributed by atoms with E-state index in [1.54, 1.807) is 0 Å². The van der Waals surface area contributed by atoms with Crippen LogP contribution < -0.4 is 5.32 Å². The summed E-state index contributed by atoms with van der Waals surface area (Å²) in [6, 6.07) is 7.53. The van der Waals surface area contributed by atoms with Crippen molar-refractivity contribution >= 4 is 17.5 Å². The van der Waals surface area contributed by atoms with Crippen LogP contribution in [0.2, 0.25) is 5.02 Å². The zero-order chi connectivity index (χ0) is 15.3. The minimum absolute atomic E-state index is 0.0302. The molecule has 0 aliphatic heterocycles. The summed E-state index contributed by atoms with van der Waals surface area (Å²) in [6.45, 7) is 0.416. The first-order chi connectivity index (χ1) is 10.1. The Bertz CT molecular complexity index is 486. The monoisotopic (exact) mass is 311 g/mol. The Balaban J connectivity index is 2.13. The molecule has 0 aromatic heterocycles. The third-order valence-corrected chi connectivity index (χ3v) is 4.36. The maximum atomic E-state index is 12.7. The van der Waals surface area contributed by atoms with Gasteiger partial charge in [0.1, 0.15) is 0 Å². The number of halogens is 1. The molecule has 0 bridgehead atoms. The Hall–Kier alpha value is -1.10. The van der Waals surface area contributed by atoms with Crippen LogP contribution in [-0.4, -0.2) is 37.4 Å². The highest BCUT2D eigenvalue weighted by molar-refractivity contribution is 6.30. The van der Waals surface area contributed by atoms with Gasteiger partial charge in [-0.05, 0) is 30.5 Å². The first-order valence-corrected chi connectivity index (χ1v) is 7.67. The summed E-state index contributed by atoms with van der Waals surface area (Å²) in [6.07, 6.45) is 3.01. The maximum Gasteiger partial charge on any atom is 0.230 e. The largest absolute Gasteiger partial charge is 0.389 e. The van der Waals surface area contributed by atoms with E-state index in [0.717, 1.165) is 31.2 Å². The number of nitrogens with one attached hydrogen (secondary N) is 1. The van der Waals surface area contributed by atoms with Crippen LogP contribution in [0, 0.1) is 0 Å². The number of rotatable bonds is 6. The third-order valence-electron chi connectivity index (χ3n) is 4.13. The van der Waals surface area contributed by atoms with Gasteiger partial charge in [0.15, 0.2) is 0 Å². The maximum absolute atomic E-state index is 12.7. The summed E-state index contributed by atoms with van der Waals surface area (Å²) in [5.74, 6) is -0.0302. The zero-order valence-corrected chi connectivity index (χ0v) is 13.0. The minimum Gasteiger partial charge on any atom is -0.389 e. The Morgan fingerprint density at radius 3 is 2.81 bits per heavy atom. The standard InChI is InChI=1S/C16H22ClNO3/c1-21-11-14(19)10-18-15(20)16(7-2-3-8-16)12-5-4-6-13(17)9-12/h4-6,9,14,19H,2-3,7-8,10-11H2,1H3,(H,18,20). The molecule has 0 saturated heterocycles. The molecule has 1 aromatic rings. The van der Waals surface area contributed by atoms with Crippen molar-refractivity contribution in [1.82, 2.24) is 5.32 Å². The van der Waals surface area contributed by atoms with Gasteiger partial charge >= 0.3 is 0 Å². The number of benzene rings is 1. The van der Waals surface area contributed by atoms with Gasteiger partial charge in [-0.2, -0.15) is 0 Å². The van der Waals surface area contributed by atoms with Crippen molar-refractivity contribution in [3.05, 3.63) is 34.9 Å². The number of methoxy groups -OCH3 is 1. The molecule has 2 N–H and O–H groups in total. The average molecular weight is 312 g/mol. The summed E-state index contributed by atoms with van der Waals surface area (Å²) in [4.78, 5) is 12.7. The fourth-order valence-corrected chi connectivity index (χ4v) is 3.23. The second kappa shape index (κ2) is 7.25. The molecule has 0 radical (unpaired) electrons. The molecule has 0 heterocycles. The highest BCUT2D eigenvalue weighted by Gasteiger charge is 2.42. The van der Waals surface area contributed by atoms with Crippen LogP contribution in [0.1, 0.15) is 31.2 Å². The van der Waals surface area contributed by atoms with Gasteiger partial charge in [-0.1, -0.05) is 36.6 Å². The summed E-state index contributed by atoms with van der Waals surface area (Å²) < 4.78 is 4.87. The van der Waals surface area contributed by atoms with E-state index in [1.165, 1.54) is 7.11 Å². The number of carbonyl (C=O) groups excluding carboxylic acids is 1. The molecule has 21 heavy (non-hydrogen) atoms. The fraction of sp³-hybridized carbons (Fsp3) is 0.562. The van der Waals surface area contributed by atoms with E-state index in [-0.39, 0.29) is 19.1 Å². The average Bonchev–Trinajstić information content (AvgIpc) is 2.96. The van der Waals surface area contributed by atoms with Crippen LogP contribution in [0.25, 0.3) is 0 Å². The van der Waals surface area contributed by atoms with Gasteiger partial charge in [-0.25, -0.2) is 0 Å². The Kier molecular flexibility index (Phi) is 5.62. The van der Waals surface area contributed by atoms with Gasteiger partial charge in [0, 0.05) is 18.7 Å². The van der Waals surface area contributed by atoms with E-state index in [2.05, 4.69) is 5.32 Å². The number of aliphatic hydroxyl groups is 1. The van der Waals surface area contributed by atoms with Crippen molar-refractivity contribution in [2.24, 2.45) is 0 Å². The SMILES string of the molecule is COCC(O)CNC(=O)C1(c2cccc(Cl)c2)CCCC1. The molecule has 116 valence electrons. The molecular formula is C16H22ClNO3. The summed E-state index contributed by atoms with van der Waals surface area (Å²) >= 11 is 6.07. The molecule has 0 spiro atoms. The first-order valence-electron chi connectivity index (χ1n) is 7.30. The van der Waals surface area contributed by atoms with Crippen molar-refractivity contribution < 1.29 is 14.6 Å². The predicted molar refractivity (Wildman–Crippen MR) is 82.5 cm³/mol. The summed E-state index contributed by atoms with van der Waals surface area (Å²) in [7, 11) is 1.52. The molecule has 2 rings (SSSR count). The molecule has 1 aromatic carbocycles. The van der Waals surface area contributed by atoms with E-state index in [4.69, 9.17) is 16.3 Å². The normalized spacial score (nSPS) is 18.4. The van der Waals surface area contributed by atoms with Crippen LogP contribution in [0.4, 0.5) is 0 Å². The second-order valence-electron chi connectivity index (χ2n) is 5.62. The van der Waals surface area contributed by atoms with Gasteiger partial charge in [-0.3, -0.25) is 4.79 Å². The smallest absolute Gasteiger partial charge is 0.230 e. The first kappa shape index (κ1) is 16.3. The van der Waals surface area contributed by atoms with E-state index >= 15 is 0 Å². The van der Waals surface area contributed by atoms with E-state index in [0.29, 0.717) is 5.02 Å². The predicted octanol–water partition coefficient (Wildman–Crippen LogP) is 2.28. The molecular weight excluding hydrogens is 290 g/mol.